The van der Waals surface area contributed by atoms with Gasteiger partial charge in [0.2, 0.25) is 0 Å². The molecule has 3 rings (SSSR count). The van der Waals surface area contributed by atoms with Gasteiger partial charge >= 0.3 is 0 Å². The number of aromatic nitrogens is 2. The van der Waals surface area contributed by atoms with Crippen LogP contribution in [0.3, 0.4) is 0 Å². The first-order valence-electron chi connectivity index (χ1n) is 7.02. The van der Waals surface area contributed by atoms with Crippen molar-refractivity contribution >= 4 is 17.3 Å². The minimum Gasteiger partial charge on any atom is -0.366 e. The van der Waals surface area contributed by atoms with Gasteiger partial charge in [0.05, 0.1) is 0 Å². The molecule has 0 saturated carbocycles. The van der Waals surface area contributed by atoms with E-state index < -0.39 is 11.6 Å². The molecule has 0 aliphatic heterocycles. The van der Waals surface area contributed by atoms with Gasteiger partial charge in [-0.2, -0.15) is 0 Å². The third-order valence-electron chi connectivity index (χ3n) is 3.18. The molecule has 1 heterocycles. The SMILES string of the molecule is Fc1ccc(Nc2cc(NCc3ccccc3)ncn2)cc1F. The molecule has 0 bridgehead atoms. The molecule has 2 N–H and O–H groups in total. The summed E-state index contributed by atoms with van der Waals surface area (Å²) in [5, 5.41) is 6.10. The average molecular weight is 312 g/mol. The number of hydrogen-bond donors (Lipinski definition) is 2. The molecule has 3 aromatic rings. The monoisotopic (exact) mass is 312 g/mol. The van der Waals surface area contributed by atoms with E-state index in [1.807, 2.05) is 30.3 Å². The molecule has 0 atom stereocenters. The maximum Gasteiger partial charge on any atom is 0.160 e. The van der Waals surface area contributed by atoms with Crippen LogP contribution in [0.1, 0.15) is 5.56 Å². The summed E-state index contributed by atoms with van der Waals surface area (Å²) in [5.74, 6) is -0.676. The maximum absolute atomic E-state index is 13.2. The van der Waals surface area contributed by atoms with Crippen molar-refractivity contribution in [3.63, 3.8) is 0 Å². The van der Waals surface area contributed by atoms with E-state index in [-0.39, 0.29) is 0 Å². The Labute approximate surface area is 132 Å². The van der Waals surface area contributed by atoms with Crippen LogP contribution in [-0.4, -0.2) is 9.97 Å². The highest BCUT2D eigenvalue weighted by Gasteiger charge is 2.04. The van der Waals surface area contributed by atoms with Gasteiger partial charge in [0, 0.05) is 24.4 Å². The van der Waals surface area contributed by atoms with Crippen LogP contribution in [0.2, 0.25) is 0 Å². The molecular weight excluding hydrogens is 298 g/mol. The van der Waals surface area contributed by atoms with E-state index in [0.717, 1.165) is 17.7 Å². The highest BCUT2D eigenvalue weighted by atomic mass is 19.2. The van der Waals surface area contributed by atoms with Crippen LogP contribution in [0, 0.1) is 11.6 Å². The van der Waals surface area contributed by atoms with E-state index >= 15 is 0 Å². The van der Waals surface area contributed by atoms with E-state index in [0.29, 0.717) is 23.9 Å². The lowest BCUT2D eigenvalue weighted by Gasteiger charge is -2.09. The average Bonchev–Trinajstić information content (AvgIpc) is 2.58. The summed E-state index contributed by atoms with van der Waals surface area (Å²) in [7, 11) is 0. The zero-order chi connectivity index (χ0) is 16.1. The fourth-order valence-electron chi connectivity index (χ4n) is 2.03. The summed E-state index contributed by atoms with van der Waals surface area (Å²) < 4.78 is 26.1. The zero-order valence-corrected chi connectivity index (χ0v) is 12.1. The lowest BCUT2D eigenvalue weighted by molar-refractivity contribution is 0.509. The number of halogens is 2. The Morgan fingerprint density at radius 2 is 1.61 bits per heavy atom. The van der Waals surface area contributed by atoms with E-state index in [1.165, 1.54) is 12.4 Å². The fourth-order valence-corrected chi connectivity index (χ4v) is 2.03. The molecule has 0 aliphatic rings. The van der Waals surface area contributed by atoms with Crippen molar-refractivity contribution < 1.29 is 8.78 Å². The van der Waals surface area contributed by atoms with Gasteiger partial charge in [0.15, 0.2) is 11.6 Å². The molecule has 0 fully saturated rings. The molecule has 4 nitrogen and oxygen atoms in total. The molecule has 1 aromatic heterocycles. The third kappa shape index (κ3) is 4.00. The first kappa shape index (κ1) is 14.9. The number of anilines is 3. The standard InChI is InChI=1S/C17H14F2N4/c18-14-7-6-13(8-15(14)19)23-17-9-16(21-11-22-17)20-10-12-4-2-1-3-5-12/h1-9,11H,10H2,(H2,20,21,22,23). The van der Waals surface area contributed by atoms with Crippen LogP contribution >= 0.6 is 0 Å². The lowest BCUT2D eigenvalue weighted by Crippen LogP contribution is -2.03. The van der Waals surface area contributed by atoms with Crippen molar-refractivity contribution in [2.24, 2.45) is 0 Å². The van der Waals surface area contributed by atoms with Gasteiger partial charge in [0.1, 0.15) is 18.0 Å². The predicted octanol–water partition coefficient (Wildman–Crippen LogP) is 4.11. The van der Waals surface area contributed by atoms with Crippen molar-refractivity contribution in [2.75, 3.05) is 10.6 Å². The van der Waals surface area contributed by atoms with Crippen molar-refractivity contribution in [1.29, 1.82) is 0 Å². The van der Waals surface area contributed by atoms with Crippen LogP contribution in [0.5, 0.6) is 0 Å². The van der Waals surface area contributed by atoms with Gasteiger partial charge in [-0.25, -0.2) is 18.7 Å². The first-order chi connectivity index (χ1) is 11.2. The summed E-state index contributed by atoms with van der Waals surface area (Å²) in [5.41, 5.74) is 1.54. The summed E-state index contributed by atoms with van der Waals surface area (Å²) in [6.45, 7) is 0.627. The van der Waals surface area contributed by atoms with Gasteiger partial charge in [-0.1, -0.05) is 30.3 Å². The minimum absolute atomic E-state index is 0.414. The predicted molar refractivity (Wildman–Crippen MR) is 85.4 cm³/mol. The Kier molecular flexibility index (Phi) is 4.42. The van der Waals surface area contributed by atoms with Crippen LogP contribution in [0.15, 0.2) is 60.9 Å². The second kappa shape index (κ2) is 6.83. The molecule has 6 heteroatoms. The first-order valence-corrected chi connectivity index (χ1v) is 7.02. The van der Waals surface area contributed by atoms with Crippen molar-refractivity contribution in [3.8, 4) is 0 Å². The second-order valence-electron chi connectivity index (χ2n) is 4.88. The normalized spacial score (nSPS) is 10.3. The summed E-state index contributed by atoms with van der Waals surface area (Å²) in [4.78, 5) is 8.19. The Morgan fingerprint density at radius 1 is 0.826 bits per heavy atom. The Balaban J connectivity index is 1.68. The molecule has 0 spiro atoms. The lowest BCUT2D eigenvalue weighted by atomic mass is 10.2. The van der Waals surface area contributed by atoms with E-state index in [2.05, 4.69) is 20.6 Å². The van der Waals surface area contributed by atoms with Gasteiger partial charge in [-0.15, -0.1) is 0 Å². The maximum atomic E-state index is 13.2. The Bertz CT molecular complexity index is 794. The number of rotatable bonds is 5. The smallest absolute Gasteiger partial charge is 0.160 e. The van der Waals surface area contributed by atoms with Gasteiger partial charge in [-0.05, 0) is 17.7 Å². The quantitative estimate of drug-likeness (QED) is 0.744. The molecule has 23 heavy (non-hydrogen) atoms. The van der Waals surface area contributed by atoms with Crippen LogP contribution < -0.4 is 10.6 Å². The summed E-state index contributed by atoms with van der Waals surface area (Å²) >= 11 is 0. The van der Waals surface area contributed by atoms with Gasteiger partial charge in [0.25, 0.3) is 0 Å². The Morgan fingerprint density at radius 3 is 2.39 bits per heavy atom. The zero-order valence-electron chi connectivity index (χ0n) is 12.1. The topological polar surface area (TPSA) is 49.8 Å². The molecule has 0 aliphatic carbocycles. The second-order valence-corrected chi connectivity index (χ2v) is 4.88. The largest absolute Gasteiger partial charge is 0.366 e. The van der Waals surface area contributed by atoms with Crippen LogP contribution in [0.25, 0.3) is 0 Å². The molecule has 2 aromatic carbocycles. The van der Waals surface area contributed by atoms with E-state index in [4.69, 9.17) is 0 Å². The Hall–Kier alpha value is -3.02. The molecule has 0 unspecified atom stereocenters. The van der Waals surface area contributed by atoms with Crippen molar-refractivity contribution in [3.05, 3.63) is 78.1 Å². The highest BCUT2D eigenvalue weighted by Crippen LogP contribution is 2.19. The number of benzene rings is 2. The van der Waals surface area contributed by atoms with Crippen molar-refractivity contribution in [1.82, 2.24) is 9.97 Å². The summed E-state index contributed by atoms with van der Waals surface area (Å²) in [6.07, 6.45) is 1.40. The molecular formula is C17H14F2N4. The molecule has 0 saturated heterocycles. The van der Waals surface area contributed by atoms with Gasteiger partial charge in [-0.3, -0.25) is 0 Å². The summed E-state index contributed by atoms with van der Waals surface area (Å²) in [6, 6.07) is 15.2. The number of nitrogens with zero attached hydrogens (tertiary/aromatic N) is 2. The number of nitrogens with one attached hydrogen (secondary N) is 2. The van der Waals surface area contributed by atoms with E-state index in [1.54, 1.807) is 6.07 Å². The van der Waals surface area contributed by atoms with Crippen LogP contribution in [-0.2, 0) is 6.54 Å². The van der Waals surface area contributed by atoms with Crippen LogP contribution in [0.4, 0.5) is 26.1 Å². The fraction of sp³-hybridized carbons (Fsp3) is 0.0588. The molecule has 0 amide bonds. The van der Waals surface area contributed by atoms with Gasteiger partial charge < -0.3 is 10.6 Å². The minimum atomic E-state index is -0.911. The van der Waals surface area contributed by atoms with Crippen molar-refractivity contribution in [2.45, 2.75) is 6.54 Å². The number of hydrogen-bond acceptors (Lipinski definition) is 4. The molecule has 0 radical (unpaired) electrons. The van der Waals surface area contributed by atoms with E-state index in [9.17, 15) is 8.78 Å². The third-order valence-corrected chi connectivity index (χ3v) is 3.18. The highest BCUT2D eigenvalue weighted by molar-refractivity contribution is 5.58. The molecule has 116 valence electrons.